The van der Waals surface area contributed by atoms with Crippen molar-refractivity contribution >= 4 is 22.9 Å². The Kier molecular flexibility index (Phi) is 5.08. The zero-order valence-electron chi connectivity index (χ0n) is 16.0. The lowest BCUT2D eigenvalue weighted by atomic mass is 9.86. The number of aromatic amines is 1. The smallest absolute Gasteiger partial charge is 0.306 e. The summed E-state index contributed by atoms with van der Waals surface area (Å²) in [5, 5.41) is 11.5. The quantitative estimate of drug-likeness (QED) is 0.647. The summed E-state index contributed by atoms with van der Waals surface area (Å²) in [7, 11) is 0. The molecule has 29 heavy (non-hydrogen) atoms. The summed E-state index contributed by atoms with van der Waals surface area (Å²) in [5.74, 6) is -0.499. The summed E-state index contributed by atoms with van der Waals surface area (Å²) in [6, 6.07) is 14.6. The van der Waals surface area contributed by atoms with E-state index in [0.717, 1.165) is 16.9 Å². The first-order valence-corrected chi connectivity index (χ1v) is 9.50. The number of aromatic nitrogens is 1. The van der Waals surface area contributed by atoms with Crippen LogP contribution in [0.5, 0.6) is 11.5 Å². The molecule has 148 valence electrons. The third-order valence-electron chi connectivity index (χ3n) is 5.06. The van der Waals surface area contributed by atoms with Crippen LogP contribution in [-0.2, 0) is 9.53 Å². The van der Waals surface area contributed by atoms with E-state index in [9.17, 15) is 14.7 Å². The zero-order valence-corrected chi connectivity index (χ0v) is 16.0. The van der Waals surface area contributed by atoms with Crippen molar-refractivity contribution in [3.05, 3.63) is 75.6 Å². The van der Waals surface area contributed by atoms with Crippen LogP contribution >= 0.6 is 0 Å². The number of fused-ring (bicyclic) bond motifs is 2. The highest BCUT2D eigenvalue weighted by molar-refractivity contribution is 5.86. The molecule has 0 saturated heterocycles. The molecular weight excluding hydrogens is 370 g/mol. The van der Waals surface area contributed by atoms with Crippen LogP contribution in [0.25, 0.3) is 17.0 Å². The number of pyridine rings is 1. The van der Waals surface area contributed by atoms with Gasteiger partial charge in [-0.3, -0.25) is 9.59 Å². The Bertz CT molecular complexity index is 1160. The van der Waals surface area contributed by atoms with Gasteiger partial charge < -0.3 is 19.6 Å². The molecule has 0 fully saturated rings. The van der Waals surface area contributed by atoms with Crippen LogP contribution in [0.4, 0.5) is 0 Å². The molecule has 1 aromatic heterocycles. The average Bonchev–Trinajstić information content (AvgIpc) is 2.73. The first-order chi connectivity index (χ1) is 14.1. The van der Waals surface area contributed by atoms with Crippen LogP contribution in [0.3, 0.4) is 0 Å². The van der Waals surface area contributed by atoms with Gasteiger partial charge in [-0.25, -0.2) is 0 Å². The van der Waals surface area contributed by atoms with Crippen LogP contribution in [0.1, 0.15) is 30.4 Å². The lowest BCUT2D eigenvalue weighted by Crippen LogP contribution is -2.24. The molecule has 2 N–H and O–H groups in total. The number of para-hydroxylation sites is 2. The second-order valence-electron chi connectivity index (χ2n) is 6.87. The summed E-state index contributed by atoms with van der Waals surface area (Å²) in [5.41, 5.74) is 1.83. The van der Waals surface area contributed by atoms with Crippen molar-refractivity contribution in [3.63, 3.8) is 0 Å². The fourth-order valence-corrected chi connectivity index (χ4v) is 3.70. The van der Waals surface area contributed by atoms with Gasteiger partial charge in [-0.1, -0.05) is 30.3 Å². The number of rotatable bonds is 5. The van der Waals surface area contributed by atoms with Gasteiger partial charge in [-0.05, 0) is 36.8 Å². The van der Waals surface area contributed by atoms with Crippen molar-refractivity contribution in [2.45, 2.75) is 19.3 Å². The number of nitrogens with one attached hydrogen (secondary N) is 1. The number of aromatic hydroxyl groups is 1. The number of benzene rings is 2. The van der Waals surface area contributed by atoms with Gasteiger partial charge in [0.05, 0.1) is 24.1 Å². The molecule has 0 amide bonds. The molecule has 6 heteroatoms. The van der Waals surface area contributed by atoms with E-state index in [-0.39, 0.29) is 30.9 Å². The number of hydrogen-bond donors (Lipinski definition) is 2. The van der Waals surface area contributed by atoms with E-state index in [1.165, 1.54) is 0 Å². The number of hydrogen-bond acceptors (Lipinski definition) is 5. The standard InChI is InChI=1S/C23H21NO5/c1-2-28-20(25)12-17(15-11-14-7-3-6-10-19(14)29-13-15)21-22(26)16-8-4-5-9-18(16)24-23(21)27/h3-11,17H,2,12-13H2,1H3,(H2,24,26,27)/t17-/m1/s1. The van der Waals surface area contributed by atoms with Crippen molar-refractivity contribution in [1.29, 1.82) is 0 Å². The maximum absolute atomic E-state index is 12.9. The normalized spacial score (nSPS) is 13.9. The predicted octanol–water partition coefficient (Wildman–Crippen LogP) is 3.75. The molecule has 0 saturated carbocycles. The zero-order chi connectivity index (χ0) is 20.4. The largest absolute Gasteiger partial charge is 0.507 e. The molecule has 0 unspecified atom stereocenters. The van der Waals surface area contributed by atoms with Crippen molar-refractivity contribution in [1.82, 2.24) is 4.98 Å². The Morgan fingerprint density at radius 1 is 1.21 bits per heavy atom. The Balaban J connectivity index is 1.86. The SMILES string of the molecule is CCOC(=O)C[C@H](C1=Cc2ccccc2OC1)c1c(O)c2ccccc2[nH]c1=O. The van der Waals surface area contributed by atoms with Crippen molar-refractivity contribution in [2.75, 3.05) is 13.2 Å². The van der Waals surface area contributed by atoms with E-state index < -0.39 is 17.4 Å². The van der Waals surface area contributed by atoms with Gasteiger partial charge in [0, 0.05) is 16.9 Å². The van der Waals surface area contributed by atoms with Gasteiger partial charge in [-0.15, -0.1) is 0 Å². The molecule has 1 aliphatic rings. The molecule has 1 aliphatic heterocycles. The fourth-order valence-electron chi connectivity index (χ4n) is 3.70. The van der Waals surface area contributed by atoms with Gasteiger partial charge in [-0.2, -0.15) is 0 Å². The summed E-state index contributed by atoms with van der Waals surface area (Å²) in [4.78, 5) is 28.0. The van der Waals surface area contributed by atoms with Crippen LogP contribution in [0.15, 0.2) is 58.9 Å². The number of ether oxygens (including phenoxy) is 2. The minimum absolute atomic E-state index is 0.0693. The highest BCUT2D eigenvalue weighted by Crippen LogP contribution is 2.39. The second kappa shape index (κ2) is 7.83. The van der Waals surface area contributed by atoms with Crippen molar-refractivity contribution < 1.29 is 19.4 Å². The van der Waals surface area contributed by atoms with Gasteiger partial charge in [0.25, 0.3) is 5.56 Å². The average molecular weight is 391 g/mol. The van der Waals surface area contributed by atoms with Gasteiger partial charge in [0.15, 0.2) is 0 Å². The van der Waals surface area contributed by atoms with E-state index in [0.29, 0.717) is 10.9 Å². The third-order valence-corrected chi connectivity index (χ3v) is 5.06. The molecule has 6 nitrogen and oxygen atoms in total. The molecule has 1 atom stereocenters. The maximum atomic E-state index is 12.9. The molecular formula is C23H21NO5. The molecule has 3 aromatic rings. The van der Waals surface area contributed by atoms with Gasteiger partial charge in [0.2, 0.25) is 0 Å². The van der Waals surface area contributed by atoms with E-state index in [4.69, 9.17) is 9.47 Å². The molecule has 0 spiro atoms. The van der Waals surface area contributed by atoms with Crippen molar-refractivity contribution in [3.8, 4) is 11.5 Å². The summed E-state index contributed by atoms with van der Waals surface area (Å²) in [6.07, 6.45) is 1.84. The molecule has 0 bridgehead atoms. The Labute approximate surface area is 167 Å². The minimum atomic E-state index is -0.671. The van der Waals surface area contributed by atoms with Gasteiger partial charge in [0.1, 0.15) is 18.1 Å². The highest BCUT2D eigenvalue weighted by atomic mass is 16.5. The second-order valence-corrected chi connectivity index (χ2v) is 6.87. The fraction of sp³-hybridized carbons (Fsp3) is 0.217. The summed E-state index contributed by atoms with van der Waals surface area (Å²) < 4.78 is 11.0. The molecule has 0 radical (unpaired) electrons. The minimum Gasteiger partial charge on any atom is -0.507 e. The summed E-state index contributed by atoms with van der Waals surface area (Å²) in [6.45, 7) is 2.18. The Hall–Kier alpha value is -3.54. The van der Waals surface area contributed by atoms with Crippen LogP contribution in [0, 0.1) is 0 Å². The predicted molar refractivity (Wildman–Crippen MR) is 110 cm³/mol. The van der Waals surface area contributed by atoms with E-state index in [2.05, 4.69) is 4.98 Å². The monoisotopic (exact) mass is 391 g/mol. The lowest BCUT2D eigenvalue weighted by Gasteiger charge is -2.25. The maximum Gasteiger partial charge on any atom is 0.306 e. The van der Waals surface area contributed by atoms with Crippen molar-refractivity contribution in [2.24, 2.45) is 0 Å². The first-order valence-electron chi connectivity index (χ1n) is 9.50. The highest BCUT2D eigenvalue weighted by Gasteiger charge is 2.29. The van der Waals surface area contributed by atoms with Gasteiger partial charge >= 0.3 is 5.97 Å². The number of H-pyrrole nitrogens is 1. The van der Waals surface area contributed by atoms with Crippen LogP contribution < -0.4 is 10.3 Å². The number of carbonyl (C=O) groups is 1. The number of esters is 1. The van der Waals surface area contributed by atoms with E-state index in [1.54, 1.807) is 31.2 Å². The molecule has 2 aromatic carbocycles. The molecule has 0 aliphatic carbocycles. The Morgan fingerprint density at radius 2 is 1.97 bits per heavy atom. The summed E-state index contributed by atoms with van der Waals surface area (Å²) >= 11 is 0. The van der Waals surface area contributed by atoms with E-state index in [1.807, 2.05) is 30.3 Å². The van der Waals surface area contributed by atoms with Crippen LogP contribution in [-0.4, -0.2) is 29.3 Å². The molecule has 4 rings (SSSR count). The lowest BCUT2D eigenvalue weighted by molar-refractivity contribution is -0.143. The van der Waals surface area contributed by atoms with Crippen LogP contribution in [0.2, 0.25) is 0 Å². The molecule has 2 heterocycles. The topological polar surface area (TPSA) is 88.6 Å². The number of carbonyl (C=O) groups excluding carboxylic acids is 1. The van der Waals surface area contributed by atoms with E-state index >= 15 is 0 Å². The first kappa shape index (κ1) is 18.8. The third kappa shape index (κ3) is 3.61. The Morgan fingerprint density at radius 3 is 2.79 bits per heavy atom.